The molecule has 9 nitrogen and oxygen atoms in total. The topological polar surface area (TPSA) is 123 Å². The molecule has 11 heteroatoms. The van der Waals surface area contributed by atoms with E-state index in [1.807, 2.05) is 0 Å². The molecule has 146 valence electrons. The van der Waals surface area contributed by atoms with E-state index in [2.05, 4.69) is 4.99 Å². The van der Waals surface area contributed by atoms with Gasteiger partial charge >= 0.3 is 5.97 Å². The number of hydrogen-bond acceptors (Lipinski definition) is 7. The van der Waals surface area contributed by atoms with Gasteiger partial charge in [-0.2, -0.15) is 4.99 Å². The molecule has 1 aromatic carbocycles. The number of methoxy groups -OCH3 is 1. The Balaban J connectivity index is 1.90. The highest BCUT2D eigenvalue weighted by molar-refractivity contribution is 8.16. The average molecular weight is 414 g/mol. The van der Waals surface area contributed by atoms with Crippen LogP contribution in [0, 0.1) is 0 Å². The number of amides is 1. The van der Waals surface area contributed by atoms with Crippen molar-refractivity contribution in [2.75, 3.05) is 36.7 Å². The first-order chi connectivity index (χ1) is 12.8. The molecule has 1 amide bonds. The predicted octanol–water partition coefficient (Wildman–Crippen LogP) is 0.398. The lowest BCUT2D eigenvalue weighted by Gasteiger charge is -2.26. The third-order valence-corrected chi connectivity index (χ3v) is 7.29. The van der Waals surface area contributed by atoms with Crippen molar-refractivity contribution in [1.29, 1.82) is 0 Å². The fraction of sp³-hybridized carbons (Fsp3) is 0.438. The van der Waals surface area contributed by atoms with E-state index in [-0.39, 0.29) is 22.8 Å². The number of thioether (sulfide) groups is 1. The molecule has 27 heavy (non-hydrogen) atoms. The number of anilines is 1. The summed E-state index contributed by atoms with van der Waals surface area (Å²) in [7, 11) is -1.67. The molecule has 0 unspecified atom stereocenters. The summed E-state index contributed by atoms with van der Waals surface area (Å²) >= 11 is 1.22. The number of sulfone groups is 1. The van der Waals surface area contributed by atoms with Gasteiger partial charge in [-0.1, -0.05) is 23.9 Å². The second-order valence-electron chi connectivity index (χ2n) is 6.02. The van der Waals surface area contributed by atoms with Gasteiger partial charge in [0.15, 0.2) is 15.0 Å². The fourth-order valence-corrected chi connectivity index (χ4v) is 6.96. The average Bonchev–Trinajstić information content (AvgIpc) is 3.05. The molecule has 0 aromatic heterocycles. The summed E-state index contributed by atoms with van der Waals surface area (Å²) in [6.07, 6.45) is 0. The molecule has 2 atom stereocenters. The molecule has 2 aliphatic heterocycles. The summed E-state index contributed by atoms with van der Waals surface area (Å²) in [6.45, 7) is -1.06. The van der Waals surface area contributed by atoms with E-state index in [1.54, 1.807) is 29.2 Å². The Kier molecular flexibility index (Phi) is 5.72. The minimum Gasteiger partial charge on any atom is -0.495 e. The van der Waals surface area contributed by atoms with Gasteiger partial charge in [0.05, 0.1) is 30.3 Å². The highest BCUT2D eigenvalue weighted by Gasteiger charge is 2.50. The lowest BCUT2D eigenvalue weighted by molar-refractivity contribution is -0.143. The zero-order valence-electron chi connectivity index (χ0n) is 14.4. The van der Waals surface area contributed by atoms with Gasteiger partial charge in [-0.25, -0.2) is 13.2 Å². The second kappa shape index (κ2) is 7.87. The molecule has 1 aromatic rings. The summed E-state index contributed by atoms with van der Waals surface area (Å²) < 4.78 is 34.3. The molecule has 0 saturated carbocycles. The molecule has 2 aliphatic rings. The second-order valence-corrected chi connectivity index (χ2v) is 9.38. The maximum absolute atomic E-state index is 12.1. The summed E-state index contributed by atoms with van der Waals surface area (Å²) in [5.41, 5.74) is 0.620. The number of carbonyl (C=O) groups excluding carboxylic acids is 1. The zero-order valence-corrected chi connectivity index (χ0v) is 16.0. The van der Waals surface area contributed by atoms with Crippen molar-refractivity contribution in [2.45, 2.75) is 11.3 Å². The highest BCUT2D eigenvalue weighted by atomic mass is 32.2. The van der Waals surface area contributed by atoms with E-state index in [9.17, 15) is 18.0 Å². The third kappa shape index (κ3) is 4.42. The van der Waals surface area contributed by atoms with Crippen molar-refractivity contribution < 1.29 is 32.6 Å². The Bertz CT molecular complexity index is 885. The highest BCUT2D eigenvalue weighted by Crippen LogP contribution is 2.43. The number of aliphatic imine (C=N–C) groups is 1. The lowest BCUT2D eigenvalue weighted by atomic mass is 10.2. The number of carboxylic acid groups (broad SMARTS) is 1. The SMILES string of the molecule is COc1ccccc1N1C(=NC(=O)COCC(=O)O)S[C@@H]2CS(=O)(=O)C[C@@H]21. The van der Waals surface area contributed by atoms with E-state index >= 15 is 0 Å². The first-order valence-electron chi connectivity index (χ1n) is 8.01. The smallest absolute Gasteiger partial charge is 0.329 e. The molecular weight excluding hydrogens is 396 g/mol. The maximum atomic E-state index is 12.1. The molecule has 3 rings (SSSR count). The predicted molar refractivity (Wildman–Crippen MR) is 100 cm³/mol. The number of ether oxygens (including phenoxy) is 2. The van der Waals surface area contributed by atoms with Crippen LogP contribution >= 0.6 is 11.8 Å². The van der Waals surface area contributed by atoms with Gasteiger partial charge in [0.1, 0.15) is 19.0 Å². The van der Waals surface area contributed by atoms with Gasteiger partial charge in [-0.3, -0.25) is 4.79 Å². The van der Waals surface area contributed by atoms with Crippen LogP contribution in [0.3, 0.4) is 0 Å². The number of aliphatic carboxylic acids is 1. The normalized spacial score (nSPS) is 24.8. The van der Waals surface area contributed by atoms with Crippen LogP contribution in [0.25, 0.3) is 0 Å². The van der Waals surface area contributed by atoms with E-state index < -0.39 is 34.9 Å². The number of fused-ring (bicyclic) bond motifs is 1. The van der Waals surface area contributed by atoms with Crippen LogP contribution < -0.4 is 9.64 Å². The lowest BCUT2D eigenvalue weighted by Crippen LogP contribution is -2.38. The number of para-hydroxylation sites is 2. The van der Waals surface area contributed by atoms with Gasteiger partial charge in [0.25, 0.3) is 5.91 Å². The molecule has 2 saturated heterocycles. The number of carbonyl (C=O) groups is 2. The summed E-state index contributed by atoms with van der Waals surface area (Å²) in [5, 5.41) is 8.67. The minimum atomic E-state index is -3.17. The number of nitrogens with zero attached hydrogens (tertiary/aromatic N) is 2. The number of amidine groups is 1. The maximum Gasteiger partial charge on any atom is 0.329 e. The van der Waals surface area contributed by atoms with Gasteiger partial charge in [-0.05, 0) is 12.1 Å². The number of carboxylic acids is 1. The Morgan fingerprint density at radius 2 is 2.04 bits per heavy atom. The van der Waals surface area contributed by atoms with Crippen LogP contribution in [0.1, 0.15) is 0 Å². The van der Waals surface area contributed by atoms with Crippen LogP contribution in [0.4, 0.5) is 5.69 Å². The van der Waals surface area contributed by atoms with Gasteiger partial charge in [0.2, 0.25) is 0 Å². The van der Waals surface area contributed by atoms with Crippen LogP contribution in [-0.2, 0) is 24.2 Å². The Labute approximate surface area is 160 Å². The number of rotatable bonds is 6. The van der Waals surface area contributed by atoms with E-state index in [0.29, 0.717) is 16.6 Å². The van der Waals surface area contributed by atoms with E-state index in [1.165, 1.54) is 18.9 Å². The quantitative estimate of drug-likeness (QED) is 0.704. The molecule has 0 radical (unpaired) electrons. The van der Waals surface area contributed by atoms with Crippen molar-refractivity contribution in [3.8, 4) is 5.75 Å². The molecule has 0 spiro atoms. The van der Waals surface area contributed by atoms with Crippen LogP contribution in [0.2, 0.25) is 0 Å². The van der Waals surface area contributed by atoms with Gasteiger partial charge in [-0.15, -0.1) is 0 Å². The van der Waals surface area contributed by atoms with E-state index in [0.717, 1.165) is 0 Å². The molecule has 0 bridgehead atoms. The zero-order chi connectivity index (χ0) is 19.6. The molecule has 0 aliphatic carbocycles. The number of hydrogen-bond donors (Lipinski definition) is 1. The monoisotopic (exact) mass is 414 g/mol. The van der Waals surface area contributed by atoms with Crippen molar-refractivity contribution in [3.63, 3.8) is 0 Å². The van der Waals surface area contributed by atoms with Crippen molar-refractivity contribution >= 4 is 44.3 Å². The fourth-order valence-electron chi connectivity index (χ4n) is 3.04. The summed E-state index contributed by atoms with van der Waals surface area (Å²) in [5.74, 6) is -1.31. The van der Waals surface area contributed by atoms with Crippen molar-refractivity contribution in [1.82, 2.24) is 0 Å². The molecular formula is C16H18N2O7S2. The Morgan fingerprint density at radius 1 is 1.30 bits per heavy atom. The van der Waals surface area contributed by atoms with Crippen molar-refractivity contribution in [2.24, 2.45) is 4.99 Å². The standard InChI is InChI=1S/C16H18N2O7S2/c1-24-12-5-3-2-4-10(12)18-11-8-27(22,23)9-13(11)26-16(18)17-14(19)6-25-7-15(20)21/h2-5,11,13H,6-9H2,1H3,(H,20,21)/t11-,13+/m0/s1. The molecule has 2 fully saturated rings. The minimum absolute atomic E-state index is 0.0106. The molecule has 1 N–H and O–H groups in total. The van der Waals surface area contributed by atoms with E-state index in [4.69, 9.17) is 14.6 Å². The summed E-state index contributed by atoms with van der Waals surface area (Å²) in [6, 6.07) is 6.73. The van der Waals surface area contributed by atoms with Crippen LogP contribution in [0.5, 0.6) is 5.75 Å². The van der Waals surface area contributed by atoms with Crippen molar-refractivity contribution in [3.05, 3.63) is 24.3 Å². The molecule has 2 heterocycles. The van der Waals surface area contributed by atoms with Crippen LogP contribution in [0.15, 0.2) is 29.3 Å². The first kappa shape index (κ1) is 19.6. The largest absolute Gasteiger partial charge is 0.495 e. The van der Waals surface area contributed by atoms with Gasteiger partial charge < -0.3 is 19.5 Å². The van der Waals surface area contributed by atoms with Crippen LogP contribution in [-0.4, -0.2) is 73.7 Å². The Hall–Kier alpha value is -2.11. The number of benzene rings is 1. The Morgan fingerprint density at radius 3 is 2.74 bits per heavy atom. The van der Waals surface area contributed by atoms with Gasteiger partial charge in [0, 0.05) is 5.25 Å². The summed E-state index contributed by atoms with van der Waals surface area (Å²) in [4.78, 5) is 28.3. The third-order valence-electron chi connectivity index (χ3n) is 4.08. The first-order valence-corrected chi connectivity index (χ1v) is 10.7.